The van der Waals surface area contributed by atoms with Gasteiger partial charge in [-0.3, -0.25) is 4.68 Å². The average molecular weight is 180 g/mol. The predicted molar refractivity (Wildman–Crippen MR) is 50.4 cm³/mol. The van der Waals surface area contributed by atoms with E-state index in [1.54, 1.807) is 0 Å². The molecular weight excluding hydrogens is 164 g/mol. The standard InChI is InChI=1S/C9H16N4/c1-13-8(3-2-6-10)11-9(12-13)7-4-5-7/h7H,2-6,10H2,1H3. The maximum Gasteiger partial charge on any atom is 0.154 e. The van der Waals surface area contributed by atoms with E-state index in [2.05, 4.69) is 10.1 Å². The summed E-state index contributed by atoms with van der Waals surface area (Å²) in [5.41, 5.74) is 5.45. The Morgan fingerprint density at radius 2 is 2.31 bits per heavy atom. The minimum atomic E-state index is 0.651. The molecule has 1 aliphatic carbocycles. The Labute approximate surface area is 78.1 Å². The second-order valence-corrected chi connectivity index (χ2v) is 3.68. The fraction of sp³-hybridized carbons (Fsp3) is 0.778. The molecule has 1 heterocycles. The normalized spacial score (nSPS) is 16.5. The van der Waals surface area contributed by atoms with Gasteiger partial charge in [-0.15, -0.1) is 0 Å². The van der Waals surface area contributed by atoms with Crippen LogP contribution in [0.3, 0.4) is 0 Å². The molecule has 4 nitrogen and oxygen atoms in total. The molecule has 1 aromatic rings. The minimum absolute atomic E-state index is 0.651. The largest absolute Gasteiger partial charge is 0.330 e. The monoisotopic (exact) mass is 180 g/mol. The van der Waals surface area contributed by atoms with E-state index in [-0.39, 0.29) is 0 Å². The zero-order chi connectivity index (χ0) is 9.26. The van der Waals surface area contributed by atoms with Crippen LogP contribution in [0.25, 0.3) is 0 Å². The van der Waals surface area contributed by atoms with Crippen LogP contribution in [0.5, 0.6) is 0 Å². The van der Waals surface area contributed by atoms with Gasteiger partial charge in [0.15, 0.2) is 5.82 Å². The van der Waals surface area contributed by atoms with Crippen molar-refractivity contribution < 1.29 is 0 Å². The van der Waals surface area contributed by atoms with Crippen molar-refractivity contribution in [2.45, 2.75) is 31.6 Å². The number of aryl methyl sites for hydroxylation is 2. The van der Waals surface area contributed by atoms with Crippen molar-refractivity contribution in [3.05, 3.63) is 11.6 Å². The summed E-state index contributed by atoms with van der Waals surface area (Å²) >= 11 is 0. The zero-order valence-electron chi connectivity index (χ0n) is 8.03. The SMILES string of the molecule is Cn1nc(C2CC2)nc1CCCN. The van der Waals surface area contributed by atoms with Gasteiger partial charge in [0.05, 0.1) is 0 Å². The highest BCUT2D eigenvalue weighted by Gasteiger charge is 2.28. The number of nitrogens with zero attached hydrogens (tertiary/aromatic N) is 3. The van der Waals surface area contributed by atoms with Gasteiger partial charge >= 0.3 is 0 Å². The van der Waals surface area contributed by atoms with Crippen LogP contribution in [-0.2, 0) is 13.5 Å². The highest BCUT2D eigenvalue weighted by atomic mass is 15.3. The van der Waals surface area contributed by atoms with Crippen molar-refractivity contribution in [2.75, 3.05) is 6.54 Å². The molecule has 1 saturated carbocycles. The van der Waals surface area contributed by atoms with Crippen molar-refractivity contribution in [1.82, 2.24) is 14.8 Å². The minimum Gasteiger partial charge on any atom is -0.330 e. The number of hydrogen-bond acceptors (Lipinski definition) is 3. The summed E-state index contributed by atoms with van der Waals surface area (Å²) in [5, 5.41) is 4.39. The molecule has 72 valence electrons. The molecule has 1 aliphatic rings. The van der Waals surface area contributed by atoms with Gasteiger partial charge in [-0.05, 0) is 25.8 Å². The first-order chi connectivity index (χ1) is 6.31. The van der Waals surface area contributed by atoms with Crippen molar-refractivity contribution in [3.63, 3.8) is 0 Å². The van der Waals surface area contributed by atoms with Gasteiger partial charge in [0.1, 0.15) is 5.82 Å². The number of hydrogen-bond donors (Lipinski definition) is 1. The molecule has 0 bridgehead atoms. The van der Waals surface area contributed by atoms with Crippen LogP contribution in [0, 0.1) is 0 Å². The van der Waals surface area contributed by atoms with E-state index in [9.17, 15) is 0 Å². The van der Waals surface area contributed by atoms with E-state index < -0.39 is 0 Å². The van der Waals surface area contributed by atoms with E-state index in [1.165, 1.54) is 12.8 Å². The Morgan fingerprint density at radius 1 is 1.54 bits per heavy atom. The maximum atomic E-state index is 5.45. The lowest BCUT2D eigenvalue weighted by Gasteiger charge is -1.96. The van der Waals surface area contributed by atoms with Crippen LogP contribution in [-0.4, -0.2) is 21.3 Å². The molecule has 0 aliphatic heterocycles. The van der Waals surface area contributed by atoms with Gasteiger partial charge in [-0.2, -0.15) is 5.10 Å². The van der Waals surface area contributed by atoms with Crippen molar-refractivity contribution in [2.24, 2.45) is 12.8 Å². The molecule has 0 atom stereocenters. The van der Waals surface area contributed by atoms with E-state index in [0.29, 0.717) is 5.92 Å². The summed E-state index contributed by atoms with van der Waals surface area (Å²) in [6.45, 7) is 0.728. The fourth-order valence-electron chi connectivity index (χ4n) is 1.43. The molecule has 2 rings (SSSR count). The van der Waals surface area contributed by atoms with Gasteiger partial charge in [0.25, 0.3) is 0 Å². The molecule has 0 saturated heterocycles. The Hall–Kier alpha value is -0.900. The molecule has 0 spiro atoms. The topological polar surface area (TPSA) is 56.7 Å². The van der Waals surface area contributed by atoms with Crippen LogP contribution < -0.4 is 5.73 Å². The number of rotatable bonds is 4. The first-order valence-electron chi connectivity index (χ1n) is 4.91. The molecule has 0 unspecified atom stereocenters. The van der Waals surface area contributed by atoms with Crippen molar-refractivity contribution in [1.29, 1.82) is 0 Å². The first kappa shape index (κ1) is 8.69. The molecule has 0 radical (unpaired) electrons. The van der Waals surface area contributed by atoms with Crippen LogP contribution in [0.1, 0.15) is 36.8 Å². The van der Waals surface area contributed by atoms with E-state index >= 15 is 0 Å². The summed E-state index contributed by atoms with van der Waals surface area (Å²) < 4.78 is 1.89. The summed E-state index contributed by atoms with van der Waals surface area (Å²) in [6.07, 6.45) is 4.48. The lowest BCUT2D eigenvalue weighted by atomic mass is 10.3. The quantitative estimate of drug-likeness (QED) is 0.737. The van der Waals surface area contributed by atoms with Gasteiger partial charge < -0.3 is 5.73 Å². The third-order valence-corrected chi connectivity index (χ3v) is 2.42. The molecule has 1 aromatic heterocycles. The second kappa shape index (κ2) is 3.46. The van der Waals surface area contributed by atoms with Crippen molar-refractivity contribution in [3.8, 4) is 0 Å². The summed E-state index contributed by atoms with van der Waals surface area (Å²) in [6, 6.07) is 0. The first-order valence-corrected chi connectivity index (χ1v) is 4.91. The van der Waals surface area contributed by atoms with Gasteiger partial charge in [0, 0.05) is 19.4 Å². The Kier molecular flexibility index (Phi) is 2.31. The molecule has 1 fully saturated rings. The Bertz CT molecular complexity index is 288. The molecule has 4 heteroatoms. The van der Waals surface area contributed by atoms with Gasteiger partial charge in [0.2, 0.25) is 0 Å². The Morgan fingerprint density at radius 3 is 2.92 bits per heavy atom. The lowest BCUT2D eigenvalue weighted by molar-refractivity contribution is 0.670. The summed E-state index contributed by atoms with van der Waals surface area (Å²) in [4.78, 5) is 4.51. The molecule has 13 heavy (non-hydrogen) atoms. The van der Waals surface area contributed by atoms with Gasteiger partial charge in [-0.25, -0.2) is 4.98 Å². The third kappa shape index (κ3) is 1.88. The van der Waals surface area contributed by atoms with Gasteiger partial charge in [-0.1, -0.05) is 0 Å². The molecular formula is C9H16N4. The van der Waals surface area contributed by atoms with Crippen LogP contribution >= 0.6 is 0 Å². The second-order valence-electron chi connectivity index (χ2n) is 3.68. The highest BCUT2D eigenvalue weighted by Crippen LogP contribution is 2.37. The molecule has 0 amide bonds. The highest BCUT2D eigenvalue weighted by molar-refractivity contribution is 5.05. The lowest BCUT2D eigenvalue weighted by Crippen LogP contribution is -2.04. The zero-order valence-corrected chi connectivity index (χ0v) is 8.03. The van der Waals surface area contributed by atoms with Crippen LogP contribution in [0.4, 0.5) is 0 Å². The molecule has 2 N–H and O–H groups in total. The maximum absolute atomic E-state index is 5.45. The van der Waals surface area contributed by atoms with E-state index in [0.717, 1.165) is 31.0 Å². The Balaban J connectivity index is 2.06. The predicted octanol–water partition coefficient (Wildman–Crippen LogP) is 0.584. The third-order valence-electron chi connectivity index (χ3n) is 2.42. The average Bonchev–Trinajstić information content (AvgIpc) is 2.89. The van der Waals surface area contributed by atoms with E-state index in [4.69, 9.17) is 5.73 Å². The summed E-state index contributed by atoms with van der Waals surface area (Å²) in [5.74, 6) is 2.76. The van der Waals surface area contributed by atoms with Crippen LogP contribution in [0.15, 0.2) is 0 Å². The number of nitrogens with two attached hydrogens (primary N) is 1. The number of aromatic nitrogens is 3. The molecule has 0 aromatic carbocycles. The summed E-state index contributed by atoms with van der Waals surface area (Å²) in [7, 11) is 1.96. The smallest absolute Gasteiger partial charge is 0.154 e. The van der Waals surface area contributed by atoms with Crippen molar-refractivity contribution >= 4 is 0 Å². The fourth-order valence-corrected chi connectivity index (χ4v) is 1.43. The van der Waals surface area contributed by atoms with E-state index in [1.807, 2.05) is 11.7 Å². The van der Waals surface area contributed by atoms with Crippen LogP contribution in [0.2, 0.25) is 0 Å².